The Morgan fingerprint density at radius 1 is 1.40 bits per heavy atom. The minimum atomic E-state index is -0.985. The van der Waals surface area contributed by atoms with E-state index in [0.29, 0.717) is 0 Å². The fourth-order valence-electron chi connectivity index (χ4n) is 1.69. The zero-order valence-electron chi connectivity index (χ0n) is 11.6. The minimum Gasteiger partial charge on any atom is -0.494 e. The van der Waals surface area contributed by atoms with E-state index < -0.39 is 23.7 Å². The number of methoxy groups -OCH3 is 1. The molecule has 1 rings (SSSR count). The van der Waals surface area contributed by atoms with Crippen molar-refractivity contribution in [2.75, 3.05) is 7.11 Å². The number of carbonyl (C=O) groups is 2. The maximum absolute atomic E-state index is 13.3. The first-order valence-electron chi connectivity index (χ1n) is 6.21. The van der Waals surface area contributed by atoms with Crippen LogP contribution in [0.5, 0.6) is 5.75 Å². The molecule has 0 aliphatic heterocycles. The number of ether oxygens (including phenoxy) is 1. The smallest absolute Gasteiger partial charge is 0.305 e. The molecule has 20 heavy (non-hydrogen) atoms. The van der Waals surface area contributed by atoms with Crippen LogP contribution in [0.2, 0.25) is 0 Å². The molecular formula is C14H18FNO4. The maximum Gasteiger partial charge on any atom is 0.305 e. The predicted molar refractivity (Wildman–Crippen MR) is 71.3 cm³/mol. The second-order valence-corrected chi connectivity index (χ2v) is 4.77. The third kappa shape index (κ3) is 4.22. The van der Waals surface area contributed by atoms with E-state index in [4.69, 9.17) is 9.84 Å². The number of halogens is 1. The van der Waals surface area contributed by atoms with Crippen molar-refractivity contribution in [2.45, 2.75) is 26.3 Å². The molecule has 1 aromatic carbocycles. The first-order valence-corrected chi connectivity index (χ1v) is 6.21. The molecule has 1 aromatic rings. The summed E-state index contributed by atoms with van der Waals surface area (Å²) in [5.74, 6) is -2.06. The van der Waals surface area contributed by atoms with Crippen molar-refractivity contribution in [1.29, 1.82) is 0 Å². The predicted octanol–water partition coefficient (Wildman–Crippen LogP) is 2.06. The van der Waals surface area contributed by atoms with Gasteiger partial charge in [-0.25, -0.2) is 4.39 Å². The Bertz CT molecular complexity index is 502. The van der Waals surface area contributed by atoms with Gasteiger partial charge in [0.2, 0.25) is 0 Å². The van der Waals surface area contributed by atoms with Gasteiger partial charge < -0.3 is 15.2 Å². The van der Waals surface area contributed by atoms with Crippen LogP contribution in [0.25, 0.3) is 0 Å². The summed E-state index contributed by atoms with van der Waals surface area (Å²) in [6, 6.07) is 3.25. The molecular weight excluding hydrogens is 265 g/mol. The Balaban J connectivity index is 2.86. The van der Waals surface area contributed by atoms with Gasteiger partial charge in [0.15, 0.2) is 11.6 Å². The molecule has 0 aliphatic carbocycles. The highest BCUT2D eigenvalue weighted by molar-refractivity contribution is 5.95. The summed E-state index contributed by atoms with van der Waals surface area (Å²) in [6.07, 6.45) is -0.165. The average Bonchev–Trinajstić information content (AvgIpc) is 2.37. The SMILES string of the molecule is COc1cc(C(=O)NC(CC(=O)O)C(C)C)ccc1F. The molecule has 0 heterocycles. The number of aliphatic carboxylic acids is 1. The van der Waals surface area contributed by atoms with E-state index in [1.54, 1.807) is 0 Å². The molecule has 1 amide bonds. The highest BCUT2D eigenvalue weighted by atomic mass is 19.1. The number of rotatable bonds is 6. The monoisotopic (exact) mass is 283 g/mol. The van der Waals surface area contributed by atoms with Crippen molar-refractivity contribution in [3.8, 4) is 5.75 Å². The molecule has 0 radical (unpaired) electrons. The lowest BCUT2D eigenvalue weighted by Crippen LogP contribution is -2.40. The summed E-state index contributed by atoms with van der Waals surface area (Å²) in [5.41, 5.74) is 0.222. The number of amides is 1. The number of carbonyl (C=O) groups excluding carboxylic acids is 1. The van der Waals surface area contributed by atoms with Crippen LogP contribution in [0, 0.1) is 11.7 Å². The Morgan fingerprint density at radius 2 is 2.05 bits per heavy atom. The Morgan fingerprint density at radius 3 is 2.55 bits per heavy atom. The fraction of sp³-hybridized carbons (Fsp3) is 0.429. The molecule has 0 aliphatic rings. The lowest BCUT2D eigenvalue weighted by Gasteiger charge is -2.20. The molecule has 1 atom stereocenters. The van der Waals surface area contributed by atoms with Gasteiger partial charge >= 0.3 is 5.97 Å². The minimum absolute atomic E-state index is 0.0302. The summed E-state index contributed by atoms with van der Waals surface area (Å²) in [5, 5.41) is 11.5. The molecule has 0 saturated heterocycles. The number of carboxylic acid groups (broad SMARTS) is 1. The van der Waals surface area contributed by atoms with Crippen molar-refractivity contribution in [3.63, 3.8) is 0 Å². The fourth-order valence-corrected chi connectivity index (χ4v) is 1.69. The zero-order valence-corrected chi connectivity index (χ0v) is 11.6. The summed E-state index contributed by atoms with van der Waals surface area (Å²) in [4.78, 5) is 22.8. The van der Waals surface area contributed by atoms with Gasteiger partial charge in [0.25, 0.3) is 5.91 Å². The van der Waals surface area contributed by atoms with Crippen LogP contribution in [0.15, 0.2) is 18.2 Å². The molecule has 110 valence electrons. The first kappa shape index (κ1) is 15.9. The standard InChI is InChI=1S/C14H18FNO4/c1-8(2)11(7-13(17)18)16-14(19)9-4-5-10(15)12(6-9)20-3/h4-6,8,11H,7H2,1-3H3,(H,16,19)(H,17,18). The van der Waals surface area contributed by atoms with Gasteiger partial charge in [0.05, 0.1) is 13.5 Å². The normalized spacial score (nSPS) is 12.1. The Hall–Kier alpha value is -2.11. The molecule has 0 saturated carbocycles. The van der Waals surface area contributed by atoms with Crippen LogP contribution in [0.4, 0.5) is 4.39 Å². The number of hydrogen-bond donors (Lipinski definition) is 2. The van der Waals surface area contributed by atoms with Crippen molar-refractivity contribution < 1.29 is 23.8 Å². The second-order valence-electron chi connectivity index (χ2n) is 4.77. The molecule has 0 aromatic heterocycles. The van der Waals surface area contributed by atoms with Gasteiger partial charge in [-0.05, 0) is 24.1 Å². The maximum atomic E-state index is 13.3. The third-order valence-corrected chi connectivity index (χ3v) is 2.93. The Kier molecular flexibility index (Phi) is 5.49. The van der Waals surface area contributed by atoms with Gasteiger partial charge in [-0.15, -0.1) is 0 Å². The van der Waals surface area contributed by atoms with Crippen molar-refractivity contribution in [1.82, 2.24) is 5.32 Å². The zero-order chi connectivity index (χ0) is 15.3. The molecule has 0 fully saturated rings. The van der Waals surface area contributed by atoms with Crippen LogP contribution in [-0.2, 0) is 4.79 Å². The van der Waals surface area contributed by atoms with E-state index in [2.05, 4.69) is 5.32 Å². The van der Waals surface area contributed by atoms with Crippen molar-refractivity contribution in [2.24, 2.45) is 5.92 Å². The summed E-state index contributed by atoms with van der Waals surface area (Å²) < 4.78 is 18.1. The van der Waals surface area contributed by atoms with E-state index in [0.717, 1.165) is 6.07 Å². The van der Waals surface area contributed by atoms with Crippen LogP contribution >= 0.6 is 0 Å². The van der Waals surface area contributed by atoms with Crippen LogP contribution in [0.3, 0.4) is 0 Å². The summed E-state index contributed by atoms with van der Waals surface area (Å²) in [7, 11) is 1.31. The molecule has 2 N–H and O–H groups in total. The summed E-state index contributed by atoms with van der Waals surface area (Å²) >= 11 is 0. The molecule has 6 heteroatoms. The molecule has 1 unspecified atom stereocenters. The topological polar surface area (TPSA) is 75.6 Å². The van der Waals surface area contributed by atoms with E-state index in [9.17, 15) is 14.0 Å². The van der Waals surface area contributed by atoms with Crippen LogP contribution in [-0.4, -0.2) is 30.1 Å². The third-order valence-electron chi connectivity index (χ3n) is 2.93. The quantitative estimate of drug-likeness (QED) is 0.838. The van der Waals surface area contributed by atoms with Crippen molar-refractivity contribution >= 4 is 11.9 Å². The molecule has 5 nitrogen and oxygen atoms in total. The largest absolute Gasteiger partial charge is 0.494 e. The number of carboxylic acids is 1. The van der Waals surface area contributed by atoms with Crippen molar-refractivity contribution in [3.05, 3.63) is 29.6 Å². The number of nitrogens with one attached hydrogen (secondary N) is 1. The second kappa shape index (κ2) is 6.88. The van der Waals surface area contributed by atoms with Crippen LogP contribution < -0.4 is 10.1 Å². The molecule has 0 spiro atoms. The first-order chi connectivity index (χ1) is 9.35. The highest BCUT2D eigenvalue weighted by Crippen LogP contribution is 2.18. The lowest BCUT2D eigenvalue weighted by molar-refractivity contribution is -0.137. The Labute approximate surface area is 116 Å². The van der Waals surface area contributed by atoms with E-state index in [1.807, 2.05) is 13.8 Å². The van der Waals surface area contributed by atoms with Crippen LogP contribution in [0.1, 0.15) is 30.6 Å². The number of benzene rings is 1. The van der Waals surface area contributed by atoms with E-state index in [-0.39, 0.29) is 23.7 Å². The van der Waals surface area contributed by atoms with Gasteiger partial charge in [-0.1, -0.05) is 13.8 Å². The lowest BCUT2D eigenvalue weighted by atomic mass is 10.0. The summed E-state index contributed by atoms with van der Waals surface area (Å²) in [6.45, 7) is 3.64. The highest BCUT2D eigenvalue weighted by Gasteiger charge is 2.20. The molecule has 0 bridgehead atoms. The van der Waals surface area contributed by atoms with Gasteiger partial charge in [0.1, 0.15) is 0 Å². The average molecular weight is 283 g/mol. The van der Waals surface area contributed by atoms with Gasteiger partial charge in [0, 0.05) is 11.6 Å². The van der Waals surface area contributed by atoms with E-state index >= 15 is 0 Å². The van der Waals surface area contributed by atoms with E-state index in [1.165, 1.54) is 19.2 Å². The number of hydrogen-bond acceptors (Lipinski definition) is 3. The van der Waals surface area contributed by atoms with Gasteiger partial charge in [-0.2, -0.15) is 0 Å². The van der Waals surface area contributed by atoms with Gasteiger partial charge in [-0.3, -0.25) is 9.59 Å².